The molecule has 2 heterocycles. The van der Waals surface area contributed by atoms with E-state index in [1.54, 1.807) is 38.0 Å². The van der Waals surface area contributed by atoms with Crippen molar-refractivity contribution in [3.8, 4) is 0 Å². The highest BCUT2D eigenvalue weighted by Gasteiger charge is 2.39. The Labute approximate surface area is 161 Å². The second-order valence-electron chi connectivity index (χ2n) is 6.10. The molecule has 1 aromatic rings. The lowest BCUT2D eigenvalue weighted by atomic mass is 9.83. The van der Waals surface area contributed by atoms with E-state index in [2.05, 4.69) is 15.1 Å². The number of dihydropyridines is 1. The lowest BCUT2D eigenvalue weighted by Gasteiger charge is -2.30. The van der Waals surface area contributed by atoms with Crippen molar-refractivity contribution in [2.75, 3.05) is 20.3 Å². The first-order valence-electron chi connectivity index (χ1n) is 8.45. The minimum absolute atomic E-state index is 0.0716. The molecule has 1 aliphatic heterocycles. The molecule has 11 nitrogen and oxygen atoms in total. The third kappa shape index (κ3) is 4.48. The number of aromatic nitrogens is 2. The molecule has 1 unspecified atom stereocenters. The van der Waals surface area contributed by atoms with Crippen LogP contribution in [0.2, 0.25) is 0 Å². The Hall–Kier alpha value is -3.37. The van der Waals surface area contributed by atoms with Crippen LogP contribution in [-0.2, 0) is 30.9 Å². The standard InChI is InChI=1S/C17H22N4O7/c1-10-13(16(22)26-4)15(12-8-18-9-20(12)3)14(11(2)19-10)17(23)27-6-5-7-28-21(24)25/h8-9,15,19H,5-7H2,1-4H3. The second-order valence-corrected chi connectivity index (χ2v) is 6.10. The number of hydrogen-bond donors (Lipinski definition) is 1. The molecule has 0 saturated carbocycles. The van der Waals surface area contributed by atoms with E-state index < -0.39 is 22.9 Å². The Kier molecular flexibility index (Phi) is 6.74. The summed E-state index contributed by atoms with van der Waals surface area (Å²) in [6, 6.07) is 0. The van der Waals surface area contributed by atoms with Gasteiger partial charge in [0, 0.05) is 36.8 Å². The van der Waals surface area contributed by atoms with Crippen LogP contribution in [0.3, 0.4) is 0 Å². The number of ether oxygens (including phenoxy) is 2. The van der Waals surface area contributed by atoms with Crippen LogP contribution in [0.15, 0.2) is 35.1 Å². The Morgan fingerprint density at radius 3 is 2.43 bits per heavy atom. The first-order chi connectivity index (χ1) is 13.3. The van der Waals surface area contributed by atoms with E-state index in [1.807, 2.05) is 0 Å². The zero-order chi connectivity index (χ0) is 20.8. The highest BCUT2D eigenvalue weighted by molar-refractivity contribution is 5.99. The van der Waals surface area contributed by atoms with Crippen molar-refractivity contribution >= 4 is 11.9 Å². The maximum absolute atomic E-state index is 12.8. The van der Waals surface area contributed by atoms with Gasteiger partial charge in [-0.15, -0.1) is 10.1 Å². The minimum Gasteiger partial charge on any atom is -0.466 e. The maximum atomic E-state index is 12.8. The Morgan fingerprint density at radius 2 is 1.89 bits per heavy atom. The molecule has 1 atom stereocenters. The van der Waals surface area contributed by atoms with Gasteiger partial charge in [-0.3, -0.25) is 0 Å². The first-order valence-corrected chi connectivity index (χ1v) is 8.45. The fraction of sp³-hybridized carbons (Fsp3) is 0.471. The first kappa shape index (κ1) is 20.9. The van der Waals surface area contributed by atoms with Crippen LogP contribution >= 0.6 is 0 Å². The smallest absolute Gasteiger partial charge is 0.336 e. The Morgan fingerprint density at radius 1 is 1.25 bits per heavy atom. The van der Waals surface area contributed by atoms with Crippen molar-refractivity contribution in [3.63, 3.8) is 0 Å². The van der Waals surface area contributed by atoms with E-state index >= 15 is 0 Å². The molecule has 11 heteroatoms. The van der Waals surface area contributed by atoms with Crippen LogP contribution < -0.4 is 5.32 Å². The summed E-state index contributed by atoms with van der Waals surface area (Å²) < 4.78 is 11.9. The summed E-state index contributed by atoms with van der Waals surface area (Å²) in [6.45, 7) is 3.16. The Bertz CT molecular complexity index is 840. The van der Waals surface area contributed by atoms with E-state index in [0.29, 0.717) is 17.1 Å². The van der Waals surface area contributed by atoms with Crippen LogP contribution in [0.5, 0.6) is 0 Å². The summed E-state index contributed by atoms with van der Waals surface area (Å²) in [5.41, 5.74) is 2.23. The van der Waals surface area contributed by atoms with Crippen molar-refractivity contribution < 1.29 is 29.0 Å². The average Bonchev–Trinajstić information content (AvgIpc) is 3.05. The van der Waals surface area contributed by atoms with Gasteiger partial charge in [0.05, 0.1) is 43.7 Å². The minimum atomic E-state index is -0.909. The molecule has 2 rings (SSSR count). The van der Waals surface area contributed by atoms with Crippen molar-refractivity contribution in [1.29, 1.82) is 0 Å². The van der Waals surface area contributed by atoms with E-state index in [-0.39, 0.29) is 30.8 Å². The summed E-state index contributed by atoms with van der Waals surface area (Å²) in [4.78, 5) is 43.6. The molecular formula is C17H22N4O7. The predicted molar refractivity (Wildman–Crippen MR) is 95.0 cm³/mol. The number of allylic oxidation sites excluding steroid dienone is 2. The molecule has 1 aromatic heterocycles. The molecule has 0 spiro atoms. The van der Waals surface area contributed by atoms with Crippen LogP contribution in [0.25, 0.3) is 0 Å². The van der Waals surface area contributed by atoms with Crippen LogP contribution in [-0.4, -0.2) is 46.9 Å². The van der Waals surface area contributed by atoms with Gasteiger partial charge in [-0.25, -0.2) is 14.6 Å². The van der Waals surface area contributed by atoms with Crippen LogP contribution in [0.1, 0.15) is 31.9 Å². The van der Waals surface area contributed by atoms with Gasteiger partial charge in [-0.2, -0.15) is 0 Å². The summed E-state index contributed by atoms with van der Waals surface area (Å²) in [6.07, 6.45) is 3.29. The molecule has 0 radical (unpaired) electrons. The van der Waals surface area contributed by atoms with Crippen molar-refractivity contribution in [2.45, 2.75) is 26.2 Å². The van der Waals surface area contributed by atoms with Gasteiger partial charge in [-0.05, 0) is 13.8 Å². The number of carbonyl (C=O) groups excluding carboxylic acids is 2. The number of carbonyl (C=O) groups is 2. The summed E-state index contributed by atoms with van der Waals surface area (Å²) >= 11 is 0. The monoisotopic (exact) mass is 394 g/mol. The average molecular weight is 394 g/mol. The number of esters is 2. The zero-order valence-corrected chi connectivity index (χ0v) is 16.1. The molecule has 0 aliphatic carbocycles. The van der Waals surface area contributed by atoms with E-state index in [1.165, 1.54) is 7.11 Å². The van der Waals surface area contributed by atoms with E-state index in [0.717, 1.165) is 0 Å². The molecule has 0 aromatic carbocycles. The van der Waals surface area contributed by atoms with Crippen molar-refractivity contribution in [3.05, 3.63) is 50.9 Å². The maximum Gasteiger partial charge on any atom is 0.336 e. The quantitative estimate of drug-likeness (QED) is 0.296. The number of imidazole rings is 1. The molecule has 0 saturated heterocycles. The highest BCUT2D eigenvalue weighted by Crippen LogP contribution is 2.38. The van der Waals surface area contributed by atoms with Gasteiger partial charge in [-0.1, -0.05) is 0 Å². The topological polar surface area (TPSA) is 135 Å². The van der Waals surface area contributed by atoms with Gasteiger partial charge < -0.3 is 24.2 Å². The number of aryl methyl sites for hydroxylation is 1. The zero-order valence-electron chi connectivity index (χ0n) is 16.1. The largest absolute Gasteiger partial charge is 0.466 e. The third-order valence-corrected chi connectivity index (χ3v) is 4.25. The summed E-state index contributed by atoms with van der Waals surface area (Å²) in [5, 5.41) is 12.3. The Balaban J connectivity index is 2.30. The van der Waals surface area contributed by atoms with Crippen LogP contribution in [0.4, 0.5) is 0 Å². The summed E-state index contributed by atoms with van der Waals surface area (Å²) in [5.74, 6) is -1.96. The highest BCUT2D eigenvalue weighted by atomic mass is 16.9. The normalized spacial score (nSPS) is 16.5. The molecule has 0 bridgehead atoms. The van der Waals surface area contributed by atoms with Gasteiger partial charge in [0.25, 0.3) is 5.09 Å². The predicted octanol–water partition coefficient (Wildman–Crippen LogP) is 0.969. The number of methoxy groups -OCH3 is 1. The molecule has 0 fully saturated rings. The van der Waals surface area contributed by atoms with Gasteiger partial charge in [0.1, 0.15) is 0 Å². The van der Waals surface area contributed by atoms with Gasteiger partial charge >= 0.3 is 11.9 Å². The molecule has 152 valence electrons. The third-order valence-electron chi connectivity index (χ3n) is 4.25. The number of hydrogen-bond acceptors (Lipinski definition) is 9. The molecule has 1 aliphatic rings. The van der Waals surface area contributed by atoms with Crippen molar-refractivity contribution in [1.82, 2.24) is 14.9 Å². The molecule has 28 heavy (non-hydrogen) atoms. The lowest BCUT2D eigenvalue weighted by Crippen LogP contribution is -2.33. The number of nitrogens with zero attached hydrogens (tertiary/aromatic N) is 3. The SMILES string of the molecule is COC(=O)C1=C(C)NC(C)=C(C(=O)OCCCO[N+](=O)[O-])C1c1cncn1C. The second kappa shape index (κ2) is 9.02. The van der Waals surface area contributed by atoms with Gasteiger partial charge in [0.15, 0.2) is 0 Å². The van der Waals surface area contributed by atoms with Crippen molar-refractivity contribution in [2.24, 2.45) is 7.05 Å². The van der Waals surface area contributed by atoms with Gasteiger partial charge in [0.2, 0.25) is 0 Å². The van der Waals surface area contributed by atoms with E-state index in [9.17, 15) is 19.7 Å². The molecular weight excluding hydrogens is 372 g/mol. The number of nitrogens with one attached hydrogen (secondary N) is 1. The lowest BCUT2D eigenvalue weighted by molar-refractivity contribution is -0.757. The summed E-state index contributed by atoms with van der Waals surface area (Å²) in [7, 11) is 3.02. The van der Waals surface area contributed by atoms with E-state index in [4.69, 9.17) is 9.47 Å². The molecule has 0 amide bonds. The fourth-order valence-corrected chi connectivity index (χ4v) is 3.03. The van der Waals surface area contributed by atoms with Crippen LogP contribution in [0, 0.1) is 10.1 Å². The fourth-order valence-electron chi connectivity index (χ4n) is 3.03. The molecule has 1 N–H and O–H groups in total. The number of rotatable bonds is 8.